The summed E-state index contributed by atoms with van der Waals surface area (Å²) in [6, 6.07) is 49.3. The Balaban J connectivity index is 1.24. The number of hydrogen-bond acceptors (Lipinski definition) is 2. The van der Waals surface area contributed by atoms with Crippen molar-refractivity contribution < 1.29 is 4.42 Å². The highest BCUT2D eigenvalue weighted by Crippen LogP contribution is 2.52. The third-order valence-electron chi connectivity index (χ3n) is 15.4. The first kappa shape index (κ1) is 38.7. The number of para-hydroxylation sites is 1. The molecule has 312 valence electrons. The third kappa shape index (κ3) is 5.65. The van der Waals surface area contributed by atoms with Gasteiger partial charge in [0.15, 0.2) is 0 Å². The minimum absolute atomic E-state index is 0.0499. The summed E-state index contributed by atoms with van der Waals surface area (Å²) in [5.41, 5.74) is 20.3. The van der Waals surface area contributed by atoms with Gasteiger partial charge in [-0.2, -0.15) is 0 Å². The van der Waals surface area contributed by atoms with E-state index >= 15 is 0 Å². The number of fused-ring (bicyclic) bond motifs is 12. The molecule has 3 aliphatic rings. The third-order valence-corrected chi connectivity index (χ3v) is 15.4. The SMILES string of the molecule is CCCCCc1ccc(N2B3c4oc5cc6c(cc5c4-n4c5cc7ccccc7cc5c5c(-c7ccc(C(C)(C)C)cc7)cc(c3c54)-c3ccccc32)C(C)(C)CCC6(C)C)cc1. The Morgan fingerprint density at radius 1 is 0.667 bits per heavy atom. The molecule has 0 radical (unpaired) electrons. The van der Waals surface area contributed by atoms with E-state index < -0.39 is 0 Å². The molecule has 0 saturated heterocycles. The van der Waals surface area contributed by atoms with Crippen LogP contribution in [0, 0.1) is 0 Å². The number of furan rings is 1. The number of hydrogen-bond donors (Lipinski definition) is 0. The summed E-state index contributed by atoms with van der Waals surface area (Å²) in [6.07, 6.45) is 7.13. The van der Waals surface area contributed by atoms with Gasteiger partial charge in [0, 0.05) is 33.1 Å². The lowest BCUT2D eigenvalue weighted by Gasteiger charge is -2.41. The lowest BCUT2D eigenvalue weighted by Crippen LogP contribution is -2.60. The van der Waals surface area contributed by atoms with Crippen molar-refractivity contribution in [3.8, 4) is 27.9 Å². The van der Waals surface area contributed by atoms with Crippen molar-refractivity contribution in [1.82, 2.24) is 4.57 Å². The van der Waals surface area contributed by atoms with Crippen LogP contribution < -0.4 is 15.9 Å². The lowest BCUT2D eigenvalue weighted by atomic mass is 9.46. The Bertz CT molecular complexity index is 3330. The van der Waals surface area contributed by atoms with Gasteiger partial charge in [-0.3, -0.25) is 0 Å². The molecule has 2 aliphatic heterocycles. The Kier molecular flexibility index (Phi) is 8.29. The topological polar surface area (TPSA) is 21.3 Å². The maximum atomic E-state index is 7.56. The summed E-state index contributed by atoms with van der Waals surface area (Å²) in [5.74, 6) is 0. The zero-order chi connectivity index (χ0) is 43.2. The number of unbranched alkanes of at least 4 members (excludes halogenated alkanes) is 2. The van der Waals surface area contributed by atoms with Crippen LogP contribution in [0.4, 0.5) is 11.4 Å². The van der Waals surface area contributed by atoms with E-state index in [1.807, 2.05) is 0 Å². The fourth-order valence-electron chi connectivity index (χ4n) is 11.7. The normalized spacial score (nSPS) is 15.9. The number of aromatic nitrogens is 1. The molecule has 0 amide bonds. The van der Waals surface area contributed by atoms with Crippen LogP contribution in [0.15, 0.2) is 132 Å². The zero-order valence-electron chi connectivity index (χ0n) is 38.2. The summed E-state index contributed by atoms with van der Waals surface area (Å²) < 4.78 is 10.2. The average molecular weight is 821 g/mol. The summed E-state index contributed by atoms with van der Waals surface area (Å²) in [5, 5.41) is 6.31. The Morgan fingerprint density at radius 3 is 2.06 bits per heavy atom. The van der Waals surface area contributed by atoms with E-state index in [0.29, 0.717) is 0 Å². The van der Waals surface area contributed by atoms with Crippen molar-refractivity contribution in [2.45, 2.75) is 110 Å². The van der Waals surface area contributed by atoms with Gasteiger partial charge in [-0.25, -0.2) is 0 Å². The zero-order valence-corrected chi connectivity index (χ0v) is 38.2. The van der Waals surface area contributed by atoms with Crippen LogP contribution >= 0.6 is 0 Å². The number of aryl methyl sites for hydroxylation is 1. The molecular weight excluding hydrogens is 763 g/mol. The number of benzene rings is 7. The standard InChI is InChI=1S/C59H57BN2O/c1-9-10-11-16-36-21-27-41(28-22-36)62-49-20-15-14-19-42(49)44-33-43(37-23-25-40(26-24-37)57(2,3)4)52-45-31-38-17-12-13-18-39(38)32-50(45)61-54-46-34-47-48(59(7,8)30-29-58(47,5)6)35-51(46)63-56(54)60(62)53(44)55(52)61/h12-15,17-28,31-35H,9-11,16,29-30H2,1-8H3. The second-order valence-electron chi connectivity index (χ2n) is 21.4. The minimum atomic E-state index is -0.188. The molecule has 2 aromatic heterocycles. The first-order valence-electron chi connectivity index (χ1n) is 23.6. The average Bonchev–Trinajstić information content (AvgIpc) is 3.81. The predicted molar refractivity (Wildman–Crippen MR) is 270 cm³/mol. The monoisotopic (exact) mass is 820 g/mol. The summed E-state index contributed by atoms with van der Waals surface area (Å²) in [7, 11) is 0. The minimum Gasteiger partial charge on any atom is -0.466 e. The first-order valence-corrected chi connectivity index (χ1v) is 23.6. The predicted octanol–water partition coefficient (Wildman–Crippen LogP) is 15.0. The van der Waals surface area contributed by atoms with Gasteiger partial charge in [0.25, 0.3) is 0 Å². The second-order valence-corrected chi connectivity index (χ2v) is 21.4. The van der Waals surface area contributed by atoms with E-state index in [1.165, 1.54) is 124 Å². The van der Waals surface area contributed by atoms with Gasteiger partial charge in [0.2, 0.25) is 0 Å². The fraction of sp³-hybridized carbons (Fsp3) is 0.288. The van der Waals surface area contributed by atoms with Gasteiger partial charge in [-0.15, -0.1) is 0 Å². The fourth-order valence-corrected chi connectivity index (χ4v) is 11.7. The lowest BCUT2D eigenvalue weighted by molar-refractivity contribution is 0.332. The van der Waals surface area contributed by atoms with E-state index in [-0.39, 0.29) is 23.1 Å². The molecular formula is C59H57BN2O. The number of anilines is 2. The van der Waals surface area contributed by atoms with Crippen LogP contribution in [0.3, 0.4) is 0 Å². The summed E-state index contributed by atoms with van der Waals surface area (Å²) >= 11 is 0. The molecule has 3 nitrogen and oxygen atoms in total. The largest absolute Gasteiger partial charge is 0.466 e. The van der Waals surface area contributed by atoms with Gasteiger partial charge in [0.05, 0.1) is 16.7 Å². The Labute approximate surface area is 372 Å². The smallest absolute Gasteiger partial charge is 0.375 e. The van der Waals surface area contributed by atoms with Crippen LogP contribution in [0.25, 0.3) is 71.5 Å². The molecule has 63 heavy (non-hydrogen) atoms. The van der Waals surface area contributed by atoms with Gasteiger partial charge < -0.3 is 13.8 Å². The molecule has 7 aromatic carbocycles. The molecule has 0 unspecified atom stereocenters. The molecule has 4 heterocycles. The van der Waals surface area contributed by atoms with Crippen LogP contribution in [-0.4, -0.2) is 11.4 Å². The molecule has 0 fully saturated rings. The number of rotatable bonds is 6. The van der Waals surface area contributed by atoms with Crippen LogP contribution in [0.1, 0.15) is 110 Å². The van der Waals surface area contributed by atoms with Gasteiger partial charge in [-0.1, -0.05) is 147 Å². The molecule has 0 spiro atoms. The van der Waals surface area contributed by atoms with E-state index in [2.05, 4.69) is 192 Å². The quantitative estimate of drug-likeness (QED) is 0.123. The van der Waals surface area contributed by atoms with Gasteiger partial charge in [0.1, 0.15) is 11.2 Å². The highest BCUT2D eigenvalue weighted by Gasteiger charge is 2.48. The van der Waals surface area contributed by atoms with Crippen LogP contribution in [0.2, 0.25) is 0 Å². The summed E-state index contributed by atoms with van der Waals surface area (Å²) in [4.78, 5) is 2.61. The molecule has 4 heteroatoms. The maximum Gasteiger partial charge on any atom is 0.375 e. The number of nitrogens with zero attached hydrogens (tertiary/aromatic N) is 2. The molecule has 12 rings (SSSR count). The molecule has 0 atom stereocenters. The highest BCUT2D eigenvalue weighted by molar-refractivity contribution is 6.93. The summed E-state index contributed by atoms with van der Waals surface area (Å²) in [6.45, 7) is 18.7. The second kappa shape index (κ2) is 13.5. The van der Waals surface area contributed by atoms with Crippen molar-refractivity contribution in [3.05, 3.63) is 150 Å². The van der Waals surface area contributed by atoms with Crippen molar-refractivity contribution >= 4 is 72.9 Å². The first-order chi connectivity index (χ1) is 30.3. The highest BCUT2D eigenvalue weighted by atomic mass is 16.3. The molecule has 9 aromatic rings. The van der Waals surface area contributed by atoms with E-state index in [4.69, 9.17) is 4.42 Å². The Morgan fingerprint density at radius 2 is 1.35 bits per heavy atom. The van der Waals surface area contributed by atoms with Crippen molar-refractivity contribution in [2.75, 3.05) is 4.81 Å². The molecule has 0 saturated carbocycles. The Hall–Kier alpha value is -6.00. The van der Waals surface area contributed by atoms with Gasteiger partial charge >= 0.3 is 6.85 Å². The van der Waals surface area contributed by atoms with Crippen molar-refractivity contribution in [1.29, 1.82) is 0 Å². The van der Waals surface area contributed by atoms with E-state index in [0.717, 1.165) is 30.5 Å². The molecule has 0 bridgehead atoms. The van der Waals surface area contributed by atoms with Crippen molar-refractivity contribution in [3.63, 3.8) is 0 Å². The van der Waals surface area contributed by atoms with Gasteiger partial charge in [-0.05, 0) is 146 Å². The van der Waals surface area contributed by atoms with E-state index in [9.17, 15) is 0 Å². The maximum absolute atomic E-state index is 7.56. The van der Waals surface area contributed by atoms with Crippen molar-refractivity contribution in [2.24, 2.45) is 0 Å². The van der Waals surface area contributed by atoms with Crippen LogP contribution in [0.5, 0.6) is 0 Å². The molecule has 0 N–H and O–H groups in total. The van der Waals surface area contributed by atoms with Crippen LogP contribution in [-0.2, 0) is 22.7 Å². The molecule has 1 aliphatic carbocycles. The van der Waals surface area contributed by atoms with E-state index in [1.54, 1.807) is 0 Å².